The summed E-state index contributed by atoms with van der Waals surface area (Å²) in [6, 6.07) is 8.14. The monoisotopic (exact) mass is 403 g/mol. The molecule has 2 aliphatic rings. The minimum absolute atomic E-state index is 0.314. The van der Waals surface area contributed by atoms with Crippen molar-refractivity contribution in [1.82, 2.24) is 10.2 Å². The highest BCUT2D eigenvalue weighted by Crippen LogP contribution is 2.18. The molecule has 0 saturated carbocycles. The molecule has 1 aromatic rings. The van der Waals surface area contributed by atoms with Gasteiger partial charge in [-0.05, 0) is 51.2 Å². The molecule has 162 valence electrons. The van der Waals surface area contributed by atoms with Gasteiger partial charge >= 0.3 is 0 Å². The largest absolute Gasteiger partial charge is 0.493 e. The van der Waals surface area contributed by atoms with Crippen LogP contribution in [0.15, 0.2) is 29.3 Å². The second-order valence-electron chi connectivity index (χ2n) is 7.86. The van der Waals surface area contributed by atoms with E-state index in [1.807, 2.05) is 18.2 Å². The molecule has 1 unspecified atom stereocenters. The van der Waals surface area contributed by atoms with Crippen molar-refractivity contribution in [1.29, 1.82) is 0 Å². The molecule has 0 aromatic heterocycles. The molecular formula is C23H37N3O3. The first-order valence-electron chi connectivity index (χ1n) is 11.2. The maximum Gasteiger partial charge on any atom is 0.193 e. The van der Waals surface area contributed by atoms with E-state index < -0.39 is 0 Å². The van der Waals surface area contributed by atoms with Gasteiger partial charge in [0.2, 0.25) is 0 Å². The lowest BCUT2D eigenvalue weighted by Gasteiger charge is -2.34. The maximum atomic E-state index is 6.09. The van der Waals surface area contributed by atoms with Crippen LogP contribution in [-0.4, -0.2) is 69.1 Å². The third-order valence-corrected chi connectivity index (χ3v) is 5.53. The molecule has 1 aromatic carbocycles. The van der Waals surface area contributed by atoms with Crippen LogP contribution in [-0.2, 0) is 9.47 Å². The number of aliphatic imine (C=N–C) groups is 1. The standard InChI is InChI=1S/C23H37N3O3/c1-3-24-23(25-13-7-17-28-22-10-5-4-8-19(22)2)26-14-11-20(12-15-26)29-18-21-9-6-16-27-21/h4-5,8,10,20-21H,3,6-7,9,11-18H2,1-2H3,(H,24,25). The van der Waals surface area contributed by atoms with Crippen molar-refractivity contribution >= 4 is 5.96 Å². The van der Waals surface area contributed by atoms with Crippen LogP contribution in [0.2, 0.25) is 0 Å². The molecule has 0 radical (unpaired) electrons. The van der Waals surface area contributed by atoms with Crippen molar-refractivity contribution in [2.45, 2.75) is 58.2 Å². The average molecular weight is 404 g/mol. The molecule has 0 amide bonds. The number of guanidine groups is 1. The zero-order valence-corrected chi connectivity index (χ0v) is 18.1. The Hall–Kier alpha value is -1.79. The summed E-state index contributed by atoms with van der Waals surface area (Å²) in [6.07, 6.45) is 5.98. The molecular weight excluding hydrogens is 366 g/mol. The minimum Gasteiger partial charge on any atom is -0.493 e. The summed E-state index contributed by atoms with van der Waals surface area (Å²) in [7, 11) is 0. The molecule has 1 atom stereocenters. The van der Waals surface area contributed by atoms with Gasteiger partial charge in [0.05, 0.1) is 25.4 Å². The van der Waals surface area contributed by atoms with Crippen LogP contribution in [0.4, 0.5) is 0 Å². The third-order valence-electron chi connectivity index (χ3n) is 5.53. The fourth-order valence-electron chi connectivity index (χ4n) is 3.83. The van der Waals surface area contributed by atoms with E-state index in [1.165, 1.54) is 12.0 Å². The van der Waals surface area contributed by atoms with E-state index in [2.05, 4.69) is 30.1 Å². The van der Waals surface area contributed by atoms with E-state index in [1.54, 1.807) is 0 Å². The molecule has 0 bridgehead atoms. The van der Waals surface area contributed by atoms with Crippen molar-refractivity contribution < 1.29 is 14.2 Å². The van der Waals surface area contributed by atoms with Crippen molar-refractivity contribution in [2.75, 3.05) is 46.0 Å². The number of hydrogen-bond donors (Lipinski definition) is 1. The normalized spacial score (nSPS) is 20.8. The molecule has 29 heavy (non-hydrogen) atoms. The van der Waals surface area contributed by atoms with E-state index in [0.717, 1.165) is 76.8 Å². The Morgan fingerprint density at radius 1 is 1.24 bits per heavy atom. The Morgan fingerprint density at radius 2 is 2.07 bits per heavy atom. The van der Waals surface area contributed by atoms with Crippen LogP contribution in [0.5, 0.6) is 5.75 Å². The smallest absolute Gasteiger partial charge is 0.193 e. The number of ether oxygens (including phenoxy) is 3. The summed E-state index contributed by atoms with van der Waals surface area (Å²) >= 11 is 0. The fourth-order valence-corrected chi connectivity index (χ4v) is 3.83. The first-order valence-corrected chi connectivity index (χ1v) is 11.2. The Balaban J connectivity index is 1.36. The summed E-state index contributed by atoms with van der Waals surface area (Å²) in [5.41, 5.74) is 1.17. The molecule has 0 spiro atoms. The highest BCUT2D eigenvalue weighted by molar-refractivity contribution is 5.80. The van der Waals surface area contributed by atoms with Gasteiger partial charge in [0.15, 0.2) is 5.96 Å². The first-order chi connectivity index (χ1) is 14.3. The summed E-state index contributed by atoms with van der Waals surface area (Å²) in [5.74, 6) is 1.98. The Labute approximate surface area is 175 Å². The van der Waals surface area contributed by atoms with Crippen LogP contribution >= 0.6 is 0 Å². The van der Waals surface area contributed by atoms with E-state index in [-0.39, 0.29) is 0 Å². The van der Waals surface area contributed by atoms with E-state index in [4.69, 9.17) is 19.2 Å². The molecule has 6 nitrogen and oxygen atoms in total. The van der Waals surface area contributed by atoms with Crippen LogP contribution in [0.3, 0.4) is 0 Å². The molecule has 3 rings (SSSR count). The predicted molar refractivity (Wildman–Crippen MR) is 117 cm³/mol. The van der Waals surface area contributed by atoms with E-state index >= 15 is 0 Å². The van der Waals surface area contributed by atoms with Gasteiger partial charge in [-0.25, -0.2) is 0 Å². The molecule has 1 N–H and O–H groups in total. The number of benzene rings is 1. The lowest BCUT2D eigenvalue weighted by Crippen LogP contribution is -2.47. The van der Waals surface area contributed by atoms with Gasteiger partial charge in [0, 0.05) is 39.2 Å². The zero-order valence-electron chi connectivity index (χ0n) is 18.1. The summed E-state index contributed by atoms with van der Waals surface area (Å²) < 4.78 is 17.6. The average Bonchev–Trinajstić information content (AvgIpc) is 3.27. The lowest BCUT2D eigenvalue weighted by molar-refractivity contribution is -0.0367. The van der Waals surface area contributed by atoms with E-state index in [0.29, 0.717) is 18.8 Å². The second kappa shape index (κ2) is 12.0. The summed E-state index contributed by atoms with van der Waals surface area (Å²) in [4.78, 5) is 7.17. The number of likely N-dealkylation sites (tertiary alicyclic amines) is 1. The molecule has 2 aliphatic heterocycles. The molecule has 2 heterocycles. The zero-order chi connectivity index (χ0) is 20.3. The number of piperidine rings is 1. The number of para-hydroxylation sites is 1. The fraction of sp³-hybridized carbons (Fsp3) is 0.696. The summed E-state index contributed by atoms with van der Waals surface area (Å²) in [5, 5.41) is 3.44. The van der Waals surface area contributed by atoms with Gasteiger partial charge in [-0.3, -0.25) is 4.99 Å². The third kappa shape index (κ3) is 7.19. The summed E-state index contributed by atoms with van der Waals surface area (Å²) in [6.45, 7) is 10.2. The number of rotatable bonds is 9. The van der Waals surface area contributed by atoms with Crippen LogP contribution in [0, 0.1) is 6.92 Å². The van der Waals surface area contributed by atoms with Crippen LogP contribution in [0.25, 0.3) is 0 Å². The van der Waals surface area contributed by atoms with Crippen molar-refractivity contribution in [3.63, 3.8) is 0 Å². The predicted octanol–water partition coefficient (Wildman–Crippen LogP) is 3.39. The van der Waals surface area contributed by atoms with Crippen LogP contribution < -0.4 is 10.1 Å². The quantitative estimate of drug-likeness (QED) is 0.389. The number of aryl methyl sites for hydroxylation is 1. The topological polar surface area (TPSA) is 55.3 Å². The second-order valence-corrected chi connectivity index (χ2v) is 7.86. The van der Waals surface area contributed by atoms with Crippen molar-refractivity contribution in [3.8, 4) is 5.75 Å². The van der Waals surface area contributed by atoms with E-state index in [9.17, 15) is 0 Å². The molecule has 6 heteroatoms. The first kappa shape index (κ1) is 21.9. The van der Waals surface area contributed by atoms with Crippen molar-refractivity contribution in [3.05, 3.63) is 29.8 Å². The highest BCUT2D eigenvalue weighted by atomic mass is 16.5. The Morgan fingerprint density at radius 3 is 2.79 bits per heavy atom. The lowest BCUT2D eigenvalue weighted by atomic mass is 10.1. The highest BCUT2D eigenvalue weighted by Gasteiger charge is 2.24. The number of nitrogens with zero attached hydrogens (tertiary/aromatic N) is 2. The van der Waals surface area contributed by atoms with Gasteiger partial charge in [-0.1, -0.05) is 18.2 Å². The SMILES string of the molecule is CCNC(=NCCCOc1ccccc1C)N1CCC(OCC2CCCO2)CC1. The van der Waals surface area contributed by atoms with Gasteiger partial charge < -0.3 is 24.4 Å². The molecule has 0 aliphatic carbocycles. The minimum atomic E-state index is 0.314. The Kier molecular flexibility index (Phi) is 9.09. The van der Waals surface area contributed by atoms with Gasteiger partial charge in [-0.15, -0.1) is 0 Å². The van der Waals surface area contributed by atoms with Crippen molar-refractivity contribution in [2.24, 2.45) is 4.99 Å². The molecule has 2 fully saturated rings. The van der Waals surface area contributed by atoms with Gasteiger partial charge in [0.25, 0.3) is 0 Å². The van der Waals surface area contributed by atoms with Gasteiger partial charge in [-0.2, -0.15) is 0 Å². The van der Waals surface area contributed by atoms with Gasteiger partial charge in [0.1, 0.15) is 5.75 Å². The maximum absolute atomic E-state index is 6.09. The molecule has 2 saturated heterocycles. The number of hydrogen-bond acceptors (Lipinski definition) is 4. The Bertz CT molecular complexity index is 624. The van der Waals surface area contributed by atoms with Crippen LogP contribution in [0.1, 0.15) is 44.6 Å². The number of nitrogens with one attached hydrogen (secondary N) is 1.